The maximum absolute atomic E-state index is 12.9. The standard InChI is InChI=1S/C10H9FO4/c1-10(2)14-8-6(9(13)15-10)3-5(11)4-7(8)12/h3-4,12H,1-2H3. The largest absolute Gasteiger partial charge is 0.504 e. The number of fused-ring (bicyclic) bond motifs is 1. The third-order valence-corrected chi connectivity index (χ3v) is 1.94. The number of aromatic hydroxyl groups is 1. The van der Waals surface area contributed by atoms with Crippen molar-refractivity contribution in [2.45, 2.75) is 19.6 Å². The zero-order valence-electron chi connectivity index (χ0n) is 8.20. The molecule has 0 amide bonds. The molecule has 15 heavy (non-hydrogen) atoms. The van der Waals surface area contributed by atoms with Gasteiger partial charge in [0.25, 0.3) is 0 Å². The van der Waals surface area contributed by atoms with Crippen LogP contribution in [0.4, 0.5) is 4.39 Å². The van der Waals surface area contributed by atoms with Crippen molar-refractivity contribution in [2.75, 3.05) is 0 Å². The quantitative estimate of drug-likeness (QED) is 0.666. The predicted molar refractivity (Wildman–Crippen MR) is 48.2 cm³/mol. The maximum atomic E-state index is 12.9. The van der Waals surface area contributed by atoms with Crippen molar-refractivity contribution >= 4 is 5.97 Å². The van der Waals surface area contributed by atoms with Gasteiger partial charge in [0.15, 0.2) is 11.5 Å². The van der Waals surface area contributed by atoms with Crippen molar-refractivity contribution in [1.82, 2.24) is 0 Å². The molecule has 1 heterocycles. The molecule has 1 aliphatic rings. The van der Waals surface area contributed by atoms with Gasteiger partial charge < -0.3 is 14.6 Å². The summed E-state index contributed by atoms with van der Waals surface area (Å²) in [5.41, 5.74) is -0.105. The Kier molecular flexibility index (Phi) is 1.86. The number of benzene rings is 1. The van der Waals surface area contributed by atoms with E-state index in [1.165, 1.54) is 13.8 Å². The van der Waals surface area contributed by atoms with Gasteiger partial charge in [0.2, 0.25) is 5.79 Å². The van der Waals surface area contributed by atoms with Gasteiger partial charge in [0.05, 0.1) is 0 Å². The van der Waals surface area contributed by atoms with Crippen LogP contribution < -0.4 is 4.74 Å². The number of phenols is 1. The molecule has 80 valence electrons. The monoisotopic (exact) mass is 212 g/mol. The highest BCUT2D eigenvalue weighted by atomic mass is 19.1. The number of esters is 1. The Bertz CT molecular complexity index is 439. The lowest BCUT2D eigenvalue weighted by atomic mass is 10.1. The number of ether oxygens (including phenoxy) is 2. The van der Waals surface area contributed by atoms with Gasteiger partial charge in [-0.2, -0.15) is 0 Å². The minimum atomic E-state index is -1.15. The molecule has 0 spiro atoms. The molecule has 1 aromatic rings. The summed E-state index contributed by atoms with van der Waals surface area (Å²) in [5.74, 6) is -3.03. The van der Waals surface area contributed by atoms with Crippen LogP contribution in [0.3, 0.4) is 0 Å². The van der Waals surface area contributed by atoms with Crippen molar-refractivity contribution in [3.05, 3.63) is 23.5 Å². The first-order chi connectivity index (χ1) is 6.89. The van der Waals surface area contributed by atoms with Gasteiger partial charge in [-0.05, 0) is 6.07 Å². The first kappa shape index (κ1) is 9.76. The fourth-order valence-electron chi connectivity index (χ4n) is 1.38. The molecule has 1 aliphatic heterocycles. The van der Waals surface area contributed by atoms with Gasteiger partial charge in [0, 0.05) is 19.9 Å². The van der Waals surface area contributed by atoms with Crippen LogP contribution in [0.1, 0.15) is 24.2 Å². The Labute approximate surface area is 85.2 Å². The van der Waals surface area contributed by atoms with E-state index in [0.717, 1.165) is 12.1 Å². The second-order valence-electron chi connectivity index (χ2n) is 3.69. The Morgan fingerprint density at radius 2 is 2.00 bits per heavy atom. The summed E-state index contributed by atoms with van der Waals surface area (Å²) >= 11 is 0. The average Bonchev–Trinajstić information content (AvgIpc) is 2.06. The van der Waals surface area contributed by atoms with E-state index in [-0.39, 0.29) is 11.3 Å². The highest BCUT2D eigenvalue weighted by Crippen LogP contribution is 2.38. The van der Waals surface area contributed by atoms with Crippen molar-refractivity contribution in [3.8, 4) is 11.5 Å². The van der Waals surface area contributed by atoms with Crippen molar-refractivity contribution in [2.24, 2.45) is 0 Å². The van der Waals surface area contributed by atoms with E-state index in [4.69, 9.17) is 9.47 Å². The van der Waals surface area contributed by atoms with Crippen LogP contribution in [0, 0.1) is 5.82 Å². The van der Waals surface area contributed by atoms with Crippen molar-refractivity contribution in [1.29, 1.82) is 0 Å². The molecule has 4 nitrogen and oxygen atoms in total. The predicted octanol–water partition coefficient (Wildman–Crippen LogP) is 1.82. The van der Waals surface area contributed by atoms with Crippen LogP contribution in [0.5, 0.6) is 11.5 Å². The van der Waals surface area contributed by atoms with E-state index in [2.05, 4.69) is 0 Å². The lowest BCUT2D eigenvalue weighted by Gasteiger charge is -2.31. The molecular formula is C10H9FO4. The van der Waals surface area contributed by atoms with E-state index in [1.54, 1.807) is 0 Å². The number of rotatable bonds is 0. The van der Waals surface area contributed by atoms with Gasteiger partial charge in [-0.3, -0.25) is 0 Å². The van der Waals surface area contributed by atoms with Crippen molar-refractivity contribution in [3.63, 3.8) is 0 Å². The molecule has 0 saturated heterocycles. The average molecular weight is 212 g/mol. The van der Waals surface area contributed by atoms with Crippen LogP contribution >= 0.6 is 0 Å². The zero-order chi connectivity index (χ0) is 11.2. The summed E-state index contributed by atoms with van der Waals surface area (Å²) in [6.45, 7) is 3.05. The van der Waals surface area contributed by atoms with Crippen LogP contribution in [0.2, 0.25) is 0 Å². The lowest BCUT2D eigenvalue weighted by Crippen LogP contribution is -2.38. The summed E-state index contributed by atoms with van der Waals surface area (Å²) in [4.78, 5) is 11.4. The van der Waals surface area contributed by atoms with E-state index in [1.807, 2.05) is 0 Å². The fourth-order valence-corrected chi connectivity index (χ4v) is 1.38. The topological polar surface area (TPSA) is 55.8 Å². The van der Waals surface area contributed by atoms with Gasteiger partial charge in [-0.1, -0.05) is 0 Å². The van der Waals surface area contributed by atoms with Crippen molar-refractivity contribution < 1.29 is 23.8 Å². The Morgan fingerprint density at radius 1 is 1.33 bits per heavy atom. The number of hydrogen-bond acceptors (Lipinski definition) is 4. The maximum Gasteiger partial charge on any atom is 0.345 e. The number of carbonyl (C=O) groups is 1. The highest BCUT2D eigenvalue weighted by molar-refractivity contribution is 5.94. The Hall–Kier alpha value is -1.78. The van der Waals surface area contributed by atoms with Crippen LogP contribution in [-0.2, 0) is 4.74 Å². The Morgan fingerprint density at radius 3 is 2.67 bits per heavy atom. The number of halogens is 1. The molecule has 0 fully saturated rings. The molecule has 5 heteroatoms. The number of cyclic esters (lactones) is 1. The lowest BCUT2D eigenvalue weighted by molar-refractivity contribution is -0.128. The van der Waals surface area contributed by atoms with Gasteiger partial charge in [-0.25, -0.2) is 9.18 Å². The molecule has 0 saturated carbocycles. The summed E-state index contributed by atoms with van der Waals surface area (Å²) in [6.07, 6.45) is 0. The molecule has 2 rings (SSSR count). The van der Waals surface area contributed by atoms with Gasteiger partial charge in [0.1, 0.15) is 11.4 Å². The van der Waals surface area contributed by atoms with Gasteiger partial charge in [-0.15, -0.1) is 0 Å². The van der Waals surface area contributed by atoms with E-state index < -0.39 is 23.3 Å². The molecule has 0 aliphatic carbocycles. The summed E-state index contributed by atoms with van der Waals surface area (Å²) < 4.78 is 23.0. The normalized spacial score (nSPS) is 17.7. The summed E-state index contributed by atoms with van der Waals surface area (Å²) in [6, 6.07) is 1.85. The summed E-state index contributed by atoms with van der Waals surface area (Å²) in [5, 5.41) is 9.41. The SMILES string of the molecule is CC1(C)OC(=O)c2cc(F)cc(O)c2O1. The molecular weight excluding hydrogens is 203 g/mol. The molecule has 0 bridgehead atoms. The molecule has 1 N–H and O–H groups in total. The summed E-state index contributed by atoms with van der Waals surface area (Å²) in [7, 11) is 0. The smallest absolute Gasteiger partial charge is 0.345 e. The minimum absolute atomic E-state index is 0.0438. The number of carbonyl (C=O) groups excluding carboxylic acids is 1. The van der Waals surface area contributed by atoms with Gasteiger partial charge >= 0.3 is 5.97 Å². The first-order valence-electron chi connectivity index (χ1n) is 4.34. The first-order valence-corrected chi connectivity index (χ1v) is 4.34. The second-order valence-corrected chi connectivity index (χ2v) is 3.69. The molecule has 0 unspecified atom stereocenters. The second kappa shape index (κ2) is 2.85. The van der Waals surface area contributed by atoms with E-state index in [9.17, 15) is 14.3 Å². The molecule has 1 aromatic carbocycles. The molecule has 0 aromatic heterocycles. The Balaban J connectivity index is 2.60. The number of hydrogen-bond donors (Lipinski definition) is 1. The molecule has 0 atom stereocenters. The number of phenolic OH excluding ortho intramolecular Hbond substituents is 1. The van der Waals surface area contributed by atoms with E-state index >= 15 is 0 Å². The third-order valence-electron chi connectivity index (χ3n) is 1.94. The zero-order valence-corrected chi connectivity index (χ0v) is 8.20. The van der Waals surface area contributed by atoms with Crippen LogP contribution in [0.15, 0.2) is 12.1 Å². The minimum Gasteiger partial charge on any atom is -0.504 e. The van der Waals surface area contributed by atoms with Crippen LogP contribution in [-0.4, -0.2) is 16.9 Å². The fraction of sp³-hybridized carbons (Fsp3) is 0.300. The highest BCUT2D eigenvalue weighted by Gasteiger charge is 2.36. The third kappa shape index (κ3) is 1.60. The van der Waals surface area contributed by atoms with E-state index in [0.29, 0.717) is 0 Å². The molecule has 0 radical (unpaired) electrons. The van der Waals surface area contributed by atoms with Crippen LogP contribution in [0.25, 0.3) is 0 Å².